The number of nitrogens with two attached hydrogens (primary N) is 1. The fraction of sp³-hybridized carbons (Fsp3) is 0.269. The smallest absolute Gasteiger partial charge is 0.405 e. The van der Waals surface area contributed by atoms with E-state index >= 15 is 0 Å². The van der Waals surface area contributed by atoms with Crippen LogP contribution in [0, 0.1) is 0 Å². The number of rotatable bonds is 6. The van der Waals surface area contributed by atoms with Gasteiger partial charge in [0.25, 0.3) is 0 Å². The maximum Gasteiger partial charge on any atom is 0.405 e. The van der Waals surface area contributed by atoms with Crippen molar-refractivity contribution in [2.45, 2.75) is 31.4 Å². The lowest BCUT2D eigenvalue weighted by molar-refractivity contribution is 0.125. The van der Waals surface area contributed by atoms with E-state index in [1.165, 1.54) is 11.1 Å². The van der Waals surface area contributed by atoms with Crippen LogP contribution in [0.1, 0.15) is 47.1 Å². The number of likely N-dealkylation sites (tertiary alicyclic amines) is 1. The van der Waals surface area contributed by atoms with E-state index in [2.05, 4.69) is 53.4 Å². The van der Waals surface area contributed by atoms with E-state index in [4.69, 9.17) is 10.5 Å². The van der Waals surface area contributed by atoms with Gasteiger partial charge < -0.3 is 10.5 Å². The molecule has 4 heteroatoms. The van der Waals surface area contributed by atoms with Crippen LogP contribution in [0.5, 0.6) is 0 Å². The maximum absolute atomic E-state index is 11.7. The van der Waals surface area contributed by atoms with Gasteiger partial charge in [0.05, 0.1) is 0 Å². The summed E-state index contributed by atoms with van der Waals surface area (Å²) in [5.74, 6) is 0.441. The quantitative estimate of drug-likeness (QED) is 0.615. The second kappa shape index (κ2) is 9.59. The van der Waals surface area contributed by atoms with E-state index in [1.54, 1.807) is 0 Å². The molecule has 1 heterocycles. The minimum atomic E-state index is -0.753. The molecule has 3 aromatic rings. The molecule has 30 heavy (non-hydrogen) atoms. The van der Waals surface area contributed by atoms with Crippen molar-refractivity contribution in [3.63, 3.8) is 0 Å². The molecule has 1 saturated heterocycles. The zero-order chi connectivity index (χ0) is 20.8. The van der Waals surface area contributed by atoms with Crippen LogP contribution in [0.2, 0.25) is 0 Å². The van der Waals surface area contributed by atoms with Gasteiger partial charge in [0.15, 0.2) is 6.10 Å². The summed E-state index contributed by atoms with van der Waals surface area (Å²) in [7, 11) is 0. The molecule has 0 aromatic heterocycles. The molecule has 0 aliphatic carbocycles. The Hall–Kier alpha value is -3.11. The summed E-state index contributed by atoms with van der Waals surface area (Å²) >= 11 is 0. The molecular weight excluding hydrogens is 372 g/mol. The highest BCUT2D eigenvalue weighted by molar-refractivity contribution is 5.65. The first kappa shape index (κ1) is 20.2. The maximum atomic E-state index is 11.7. The minimum absolute atomic E-state index is 0.441. The Morgan fingerprint density at radius 2 is 1.50 bits per heavy atom. The summed E-state index contributed by atoms with van der Waals surface area (Å²) in [6.07, 6.45) is 0.933. The molecule has 4 nitrogen and oxygen atoms in total. The molecule has 1 aliphatic heterocycles. The zero-order valence-electron chi connectivity index (χ0n) is 17.1. The predicted octanol–water partition coefficient (Wildman–Crippen LogP) is 5.25. The molecule has 1 amide bonds. The molecule has 1 fully saturated rings. The number of carbonyl (C=O) groups is 1. The topological polar surface area (TPSA) is 55.6 Å². The molecule has 0 saturated carbocycles. The Bertz CT molecular complexity index is 951. The molecule has 0 bridgehead atoms. The van der Waals surface area contributed by atoms with E-state index in [0.29, 0.717) is 5.92 Å². The normalized spacial score (nSPS) is 16.1. The number of hydrogen-bond acceptors (Lipinski definition) is 3. The molecular formula is C26H28N2O2. The van der Waals surface area contributed by atoms with Crippen molar-refractivity contribution < 1.29 is 9.53 Å². The van der Waals surface area contributed by atoms with Crippen molar-refractivity contribution in [3.8, 4) is 0 Å². The number of nitrogens with zero attached hydrogens (tertiary/aromatic N) is 1. The fourth-order valence-corrected chi connectivity index (χ4v) is 4.42. The number of benzene rings is 3. The summed E-state index contributed by atoms with van der Waals surface area (Å²) in [6, 6.07) is 28.8. The van der Waals surface area contributed by atoms with E-state index < -0.39 is 12.2 Å². The summed E-state index contributed by atoms with van der Waals surface area (Å²) < 4.78 is 5.58. The van der Waals surface area contributed by atoms with Gasteiger partial charge in [-0.1, -0.05) is 84.9 Å². The lowest BCUT2D eigenvalue weighted by Crippen LogP contribution is -2.33. The molecule has 1 unspecified atom stereocenters. The van der Waals surface area contributed by atoms with Gasteiger partial charge in [0.2, 0.25) is 0 Å². The van der Waals surface area contributed by atoms with Crippen LogP contribution in [0.25, 0.3) is 0 Å². The van der Waals surface area contributed by atoms with Crippen LogP contribution in [0.4, 0.5) is 4.79 Å². The Morgan fingerprint density at radius 3 is 2.17 bits per heavy atom. The summed E-state index contributed by atoms with van der Waals surface area (Å²) in [6.45, 7) is 3.10. The van der Waals surface area contributed by atoms with Crippen LogP contribution in [0.3, 0.4) is 0 Å². The standard InChI is InChI=1S/C26H28N2O2/c27-26(29)30-25(22-11-5-2-6-12-22)24-14-8-7-13-23(24)21-15-17-28(18-16-21)19-20-9-3-1-4-10-20/h1-14,21,25H,15-19H2,(H2,27,29). The lowest BCUT2D eigenvalue weighted by atomic mass is 9.83. The van der Waals surface area contributed by atoms with Gasteiger partial charge in [-0.25, -0.2) is 4.79 Å². The van der Waals surface area contributed by atoms with Crippen LogP contribution < -0.4 is 5.73 Å². The fourth-order valence-electron chi connectivity index (χ4n) is 4.42. The third-order valence-electron chi connectivity index (χ3n) is 5.89. The van der Waals surface area contributed by atoms with Crippen molar-refractivity contribution in [1.29, 1.82) is 0 Å². The Labute approximate surface area is 178 Å². The van der Waals surface area contributed by atoms with Gasteiger partial charge in [-0.15, -0.1) is 0 Å². The second-order valence-corrected chi connectivity index (χ2v) is 7.89. The van der Waals surface area contributed by atoms with Crippen LogP contribution in [0.15, 0.2) is 84.9 Å². The highest BCUT2D eigenvalue weighted by Gasteiger charge is 2.27. The Morgan fingerprint density at radius 1 is 0.900 bits per heavy atom. The molecule has 0 spiro atoms. The first-order valence-corrected chi connectivity index (χ1v) is 10.6. The number of carbonyl (C=O) groups excluding carboxylic acids is 1. The number of amides is 1. The van der Waals surface area contributed by atoms with Gasteiger partial charge in [-0.2, -0.15) is 0 Å². The number of primary amides is 1. The highest BCUT2D eigenvalue weighted by atomic mass is 16.6. The van der Waals surface area contributed by atoms with Gasteiger partial charge in [-0.05, 0) is 48.5 Å². The Balaban J connectivity index is 1.52. The summed E-state index contributed by atoms with van der Waals surface area (Å²) in [4.78, 5) is 14.2. The van der Waals surface area contributed by atoms with Gasteiger partial charge >= 0.3 is 6.09 Å². The highest BCUT2D eigenvalue weighted by Crippen LogP contribution is 2.36. The number of piperidine rings is 1. The van der Waals surface area contributed by atoms with E-state index in [9.17, 15) is 4.79 Å². The van der Waals surface area contributed by atoms with Crippen molar-refractivity contribution in [3.05, 3.63) is 107 Å². The third kappa shape index (κ3) is 4.89. The van der Waals surface area contributed by atoms with E-state index in [1.807, 2.05) is 36.4 Å². The molecule has 0 radical (unpaired) electrons. The molecule has 2 N–H and O–H groups in total. The average molecular weight is 401 g/mol. The van der Waals surface area contributed by atoms with Crippen LogP contribution in [-0.2, 0) is 11.3 Å². The largest absolute Gasteiger partial charge is 0.437 e. The second-order valence-electron chi connectivity index (χ2n) is 7.89. The number of hydrogen-bond donors (Lipinski definition) is 1. The minimum Gasteiger partial charge on any atom is -0.437 e. The van der Waals surface area contributed by atoms with Crippen molar-refractivity contribution >= 4 is 6.09 Å². The van der Waals surface area contributed by atoms with Crippen molar-refractivity contribution in [2.24, 2.45) is 5.73 Å². The third-order valence-corrected chi connectivity index (χ3v) is 5.89. The molecule has 1 atom stereocenters. The van der Waals surface area contributed by atoms with E-state index in [-0.39, 0.29) is 0 Å². The first-order valence-electron chi connectivity index (χ1n) is 10.6. The van der Waals surface area contributed by atoms with Gasteiger partial charge in [-0.3, -0.25) is 4.90 Å². The molecule has 154 valence electrons. The molecule has 3 aromatic carbocycles. The molecule has 1 aliphatic rings. The summed E-state index contributed by atoms with van der Waals surface area (Å²) in [5.41, 5.74) is 10.0. The van der Waals surface area contributed by atoms with Gasteiger partial charge in [0.1, 0.15) is 0 Å². The number of ether oxygens (including phenoxy) is 1. The van der Waals surface area contributed by atoms with Crippen LogP contribution in [-0.4, -0.2) is 24.1 Å². The first-order chi connectivity index (χ1) is 14.7. The SMILES string of the molecule is NC(=O)OC(c1ccccc1)c1ccccc1C1CCN(Cc2ccccc2)CC1. The average Bonchev–Trinajstić information content (AvgIpc) is 2.79. The lowest BCUT2D eigenvalue weighted by Gasteiger charge is -2.34. The van der Waals surface area contributed by atoms with Gasteiger partial charge in [0, 0.05) is 12.1 Å². The summed E-state index contributed by atoms with van der Waals surface area (Å²) in [5, 5.41) is 0. The van der Waals surface area contributed by atoms with E-state index in [0.717, 1.165) is 43.6 Å². The monoisotopic (exact) mass is 400 g/mol. The molecule has 4 rings (SSSR count). The van der Waals surface area contributed by atoms with Crippen LogP contribution >= 0.6 is 0 Å². The van der Waals surface area contributed by atoms with Crippen molar-refractivity contribution in [2.75, 3.05) is 13.1 Å². The Kier molecular flexibility index (Phi) is 6.45. The zero-order valence-corrected chi connectivity index (χ0v) is 17.1. The van der Waals surface area contributed by atoms with Crippen molar-refractivity contribution in [1.82, 2.24) is 4.90 Å². The predicted molar refractivity (Wildman–Crippen MR) is 119 cm³/mol.